The number of para-hydroxylation sites is 1. The Morgan fingerprint density at radius 3 is 2.44 bits per heavy atom. The molecule has 1 amide bonds. The fourth-order valence-corrected chi connectivity index (χ4v) is 3.82. The van der Waals surface area contributed by atoms with Crippen LogP contribution in [0, 0.1) is 0 Å². The predicted molar refractivity (Wildman–Crippen MR) is 98.1 cm³/mol. The van der Waals surface area contributed by atoms with E-state index in [4.69, 9.17) is 16.3 Å². The highest BCUT2D eigenvalue weighted by molar-refractivity contribution is 7.90. The highest BCUT2D eigenvalue weighted by Gasteiger charge is 2.23. The van der Waals surface area contributed by atoms with Gasteiger partial charge >= 0.3 is 0 Å². The summed E-state index contributed by atoms with van der Waals surface area (Å²) in [5.74, 6) is 0.377. The molecule has 0 aromatic heterocycles. The molecule has 0 saturated heterocycles. The van der Waals surface area contributed by atoms with Crippen molar-refractivity contribution < 1.29 is 17.9 Å². The second-order valence-electron chi connectivity index (χ2n) is 5.75. The zero-order valence-corrected chi connectivity index (χ0v) is 16.1. The van der Waals surface area contributed by atoms with Gasteiger partial charge in [-0.25, -0.2) is 8.42 Å². The lowest BCUT2D eigenvalue weighted by Crippen LogP contribution is -2.30. The quantitative estimate of drug-likeness (QED) is 0.794. The zero-order chi connectivity index (χ0) is 18.8. The fourth-order valence-electron chi connectivity index (χ4n) is 2.52. The van der Waals surface area contributed by atoms with E-state index in [2.05, 4.69) is 0 Å². The van der Waals surface area contributed by atoms with Gasteiger partial charge < -0.3 is 9.64 Å². The van der Waals surface area contributed by atoms with Crippen LogP contribution in [0.25, 0.3) is 0 Å². The first-order valence-electron chi connectivity index (χ1n) is 7.56. The van der Waals surface area contributed by atoms with Crippen molar-refractivity contribution in [3.05, 3.63) is 58.6 Å². The van der Waals surface area contributed by atoms with Gasteiger partial charge in [0.25, 0.3) is 5.91 Å². The van der Waals surface area contributed by atoms with Crippen LogP contribution in [0.5, 0.6) is 5.75 Å². The molecule has 134 valence electrons. The molecule has 2 aromatic carbocycles. The molecule has 0 radical (unpaired) electrons. The minimum atomic E-state index is -3.52. The number of sulfone groups is 1. The molecule has 1 atom stereocenters. The van der Waals surface area contributed by atoms with Crippen LogP contribution < -0.4 is 4.74 Å². The molecule has 2 aromatic rings. The van der Waals surface area contributed by atoms with Crippen molar-refractivity contribution >= 4 is 27.3 Å². The van der Waals surface area contributed by atoms with Gasteiger partial charge in [-0.1, -0.05) is 29.8 Å². The molecule has 2 rings (SSSR count). The number of ether oxygens (including phenoxy) is 1. The molecule has 0 unspecified atom stereocenters. The monoisotopic (exact) mass is 381 g/mol. The maximum Gasteiger partial charge on any atom is 0.254 e. The van der Waals surface area contributed by atoms with Gasteiger partial charge in [-0.3, -0.25) is 4.79 Å². The van der Waals surface area contributed by atoms with E-state index in [0.717, 1.165) is 11.8 Å². The SMILES string of the molecule is COc1ccccc1[C@H](C)N(C)C(=O)c1ccc(Cl)c(S(C)(=O)=O)c1. The predicted octanol–water partition coefficient (Wildman–Crippen LogP) is 3.59. The molecule has 0 aliphatic heterocycles. The first-order chi connectivity index (χ1) is 11.7. The summed E-state index contributed by atoms with van der Waals surface area (Å²) in [4.78, 5) is 14.3. The summed E-state index contributed by atoms with van der Waals surface area (Å²) in [5.41, 5.74) is 1.12. The van der Waals surface area contributed by atoms with Gasteiger partial charge in [0.15, 0.2) is 9.84 Å². The Balaban J connectivity index is 2.37. The summed E-state index contributed by atoms with van der Waals surface area (Å²) in [6.45, 7) is 1.88. The Bertz CT molecular complexity index is 896. The summed E-state index contributed by atoms with van der Waals surface area (Å²) in [6.07, 6.45) is 1.06. The number of halogens is 1. The number of rotatable bonds is 5. The highest BCUT2D eigenvalue weighted by atomic mass is 35.5. The molecule has 7 heteroatoms. The van der Waals surface area contributed by atoms with E-state index in [1.54, 1.807) is 14.2 Å². The normalized spacial score (nSPS) is 12.5. The van der Waals surface area contributed by atoms with Gasteiger partial charge in [-0.2, -0.15) is 0 Å². The molecule has 0 aliphatic rings. The lowest BCUT2D eigenvalue weighted by atomic mass is 10.0. The number of benzene rings is 2. The summed E-state index contributed by atoms with van der Waals surface area (Å²) in [6, 6.07) is 11.4. The van der Waals surface area contributed by atoms with Crippen LogP contribution in [-0.4, -0.2) is 39.6 Å². The molecule has 0 saturated carbocycles. The summed E-state index contributed by atoms with van der Waals surface area (Å²) in [7, 11) is -0.286. The Morgan fingerprint density at radius 1 is 1.20 bits per heavy atom. The van der Waals surface area contributed by atoms with Gasteiger partial charge in [0.2, 0.25) is 0 Å². The van der Waals surface area contributed by atoms with E-state index in [0.29, 0.717) is 5.75 Å². The maximum atomic E-state index is 12.8. The Labute approximate surface area is 153 Å². The summed E-state index contributed by atoms with van der Waals surface area (Å²) in [5, 5.41) is 0.0967. The minimum Gasteiger partial charge on any atom is -0.496 e. The molecule has 0 N–H and O–H groups in total. The number of methoxy groups -OCH3 is 1. The van der Waals surface area contributed by atoms with Gasteiger partial charge in [-0.15, -0.1) is 0 Å². The third-order valence-electron chi connectivity index (χ3n) is 4.07. The second-order valence-corrected chi connectivity index (χ2v) is 8.14. The molecule has 0 fully saturated rings. The number of hydrogen-bond donors (Lipinski definition) is 0. The number of carbonyl (C=O) groups excluding carboxylic acids is 1. The van der Waals surface area contributed by atoms with Crippen molar-refractivity contribution in [1.29, 1.82) is 0 Å². The van der Waals surface area contributed by atoms with E-state index in [1.165, 1.54) is 23.1 Å². The molecule has 0 spiro atoms. The van der Waals surface area contributed by atoms with E-state index in [9.17, 15) is 13.2 Å². The zero-order valence-electron chi connectivity index (χ0n) is 14.5. The maximum absolute atomic E-state index is 12.8. The van der Waals surface area contributed by atoms with E-state index < -0.39 is 9.84 Å². The molecule has 0 aliphatic carbocycles. The average molecular weight is 382 g/mol. The van der Waals surface area contributed by atoms with Crippen LogP contribution in [0.4, 0.5) is 0 Å². The number of hydrogen-bond acceptors (Lipinski definition) is 4. The first-order valence-corrected chi connectivity index (χ1v) is 9.83. The average Bonchev–Trinajstić information content (AvgIpc) is 2.59. The number of carbonyl (C=O) groups is 1. The van der Waals surface area contributed by atoms with Crippen LogP contribution in [0.1, 0.15) is 28.9 Å². The van der Waals surface area contributed by atoms with Gasteiger partial charge in [0.1, 0.15) is 5.75 Å². The highest BCUT2D eigenvalue weighted by Crippen LogP contribution is 2.30. The largest absolute Gasteiger partial charge is 0.496 e. The Morgan fingerprint density at radius 2 is 1.84 bits per heavy atom. The molecular formula is C18H20ClNO4S. The van der Waals surface area contributed by atoms with Crippen molar-refractivity contribution in [2.75, 3.05) is 20.4 Å². The number of amides is 1. The third-order valence-corrected chi connectivity index (χ3v) is 5.65. The molecule has 0 bridgehead atoms. The molecular weight excluding hydrogens is 362 g/mol. The van der Waals surface area contributed by atoms with Crippen molar-refractivity contribution in [2.45, 2.75) is 17.9 Å². The van der Waals surface area contributed by atoms with Gasteiger partial charge in [0.05, 0.1) is 23.1 Å². The van der Waals surface area contributed by atoms with Crippen molar-refractivity contribution in [3.63, 3.8) is 0 Å². The Kier molecular flexibility index (Phi) is 5.75. The summed E-state index contributed by atoms with van der Waals surface area (Å²) < 4.78 is 29.0. The summed E-state index contributed by atoms with van der Waals surface area (Å²) >= 11 is 5.94. The van der Waals surface area contributed by atoms with Crippen molar-refractivity contribution in [3.8, 4) is 5.75 Å². The molecule has 25 heavy (non-hydrogen) atoms. The van der Waals surface area contributed by atoms with E-state index in [-0.39, 0.29) is 27.4 Å². The third kappa shape index (κ3) is 4.14. The smallest absolute Gasteiger partial charge is 0.254 e. The molecule has 5 nitrogen and oxygen atoms in total. The fraction of sp³-hybridized carbons (Fsp3) is 0.278. The number of nitrogens with zero attached hydrogens (tertiary/aromatic N) is 1. The molecule has 0 heterocycles. The van der Waals surface area contributed by atoms with Crippen molar-refractivity contribution in [2.24, 2.45) is 0 Å². The van der Waals surface area contributed by atoms with Gasteiger partial charge in [-0.05, 0) is 31.2 Å². The van der Waals surface area contributed by atoms with Crippen LogP contribution in [0.3, 0.4) is 0 Å². The lowest BCUT2D eigenvalue weighted by Gasteiger charge is -2.27. The van der Waals surface area contributed by atoms with Crippen LogP contribution >= 0.6 is 11.6 Å². The van der Waals surface area contributed by atoms with Gasteiger partial charge in [0, 0.05) is 24.4 Å². The topological polar surface area (TPSA) is 63.7 Å². The minimum absolute atomic E-state index is 0.0571. The lowest BCUT2D eigenvalue weighted by molar-refractivity contribution is 0.0741. The first kappa shape index (κ1) is 19.3. The standard InChI is InChI=1S/C18H20ClNO4S/c1-12(14-7-5-6-8-16(14)24-3)20(2)18(21)13-9-10-15(19)17(11-13)25(4,22)23/h5-12H,1-4H3/t12-/m0/s1. The van der Waals surface area contributed by atoms with E-state index >= 15 is 0 Å². The second kappa shape index (κ2) is 7.45. The van der Waals surface area contributed by atoms with Crippen LogP contribution in [-0.2, 0) is 9.84 Å². The van der Waals surface area contributed by atoms with E-state index in [1.807, 2.05) is 31.2 Å². The van der Waals surface area contributed by atoms with Crippen LogP contribution in [0.15, 0.2) is 47.4 Å². The Hall–Kier alpha value is -2.05. The van der Waals surface area contributed by atoms with Crippen LogP contribution in [0.2, 0.25) is 5.02 Å². The van der Waals surface area contributed by atoms with Crippen molar-refractivity contribution in [1.82, 2.24) is 4.90 Å².